The summed E-state index contributed by atoms with van der Waals surface area (Å²) in [5, 5.41) is 3.22. The van der Waals surface area contributed by atoms with Gasteiger partial charge in [0.25, 0.3) is 0 Å². The lowest BCUT2D eigenvalue weighted by atomic mass is 9.99. The summed E-state index contributed by atoms with van der Waals surface area (Å²) in [6.07, 6.45) is 2.15. The molecular weight excluding hydrogens is 200 g/mol. The first-order valence-electron chi connectivity index (χ1n) is 3.82. The predicted octanol–water partition coefficient (Wildman–Crippen LogP) is -0.209. The third kappa shape index (κ3) is 5.05. The molecule has 0 aromatic heterocycles. The van der Waals surface area contributed by atoms with E-state index >= 15 is 0 Å². The van der Waals surface area contributed by atoms with Gasteiger partial charge in [-0.2, -0.15) is 0 Å². The zero-order valence-electron chi connectivity index (χ0n) is 6.75. The van der Waals surface area contributed by atoms with Crippen LogP contribution < -0.4 is 10.0 Å². The average molecular weight is 214 g/mol. The Kier molecular flexibility index (Phi) is 6.98. The van der Waals surface area contributed by atoms with Crippen LogP contribution in [0.4, 0.5) is 0 Å². The molecule has 4 nitrogen and oxygen atoms in total. The molecule has 74 valence electrons. The smallest absolute Gasteiger partial charge is 0.0181 e. The first-order chi connectivity index (χ1) is 5.29. The highest BCUT2D eigenvalue weighted by molar-refractivity contribution is 7.77. The molecule has 0 radical (unpaired) electrons. The van der Waals surface area contributed by atoms with Gasteiger partial charge in [0.1, 0.15) is 0 Å². The first kappa shape index (κ1) is 12.3. The molecule has 0 saturated carbocycles. The standard InChI is InChI=1S/C6H14N2O2S.ClH/c9-11(10)8-5-6-1-3-7-4-2-6;/h6-8H,1-5H2,(H,9,10);1H/p-1. The molecule has 2 N–H and O–H groups in total. The fraction of sp³-hybridized carbons (Fsp3) is 1.00. The number of halogens is 1. The molecule has 1 aliphatic rings. The molecule has 0 bridgehead atoms. The molecule has 0 spiro atoms. The number of hydrogen-bond donors (Lipinski definition) is 2. The van der Waals surface area contributed by atoms with Crippen LogP contribution in [0, 0.1) is 5.92 Å². The van der Waals surface area contributed by atoms with Gasteiger partial charge in [-0.1, -0.05) is 0 Å². The maximum Gasteiger partial charge on any atom is 0.0181 e. The zero-order valence-corrected chi connectivity index (χ0v) is 8.38. The quantitative estimate of drug-likeness (QED) is 0.638. The molecule has 1 fully saturated rings. The van der Waals surface area contributed by atoms with Crippen molar-refractivity contribution in [1.29, 1.82) is 0 Å². The van der Waals surface area contributed by atoms with Crippen molar-refractivity contribution in [1.82, 2.24) is 10.0 Å². The summed E-state index contributed by atoms with van der Waals surface area (Å²) in [6, 6.07) is 0. The SMILES string of the molecule is Cl.O=S([O-])NCC1CCNCC1. The van der Waals surface area contributed by atoms with E-state index in [1.165, 1.54) is 0 Å². The summed E-state index contributed by atoms with van der Waals surface area (Å²) in [7, 11) is 0. The van der Waals surface area contributed by atoms with Gasteiger partial charge in [0, 0.05) is 17.8 Å². The Hall–Kier alpha value is 0.320. The van der Waals surface area contributed by atoms with Crippen LogP contribution in [0.2, 0.25) is 0 Å². The van der Waals surface area contributed by atoms with Crippen molar-refractivity contribution in [2.45, 2.75) is 12.8 Å². The third-order valence-corrected chi connectivity index (χ3v) is 2.35. The Balaban J connectivity index is 0.00000121. The molecule has 1 atom stereocenters. The minimum Gasteiger partial charge on any atom is -0.760 e. The van der Waals surface area contributed by atoms with Gasteiger partial charge in [-0.25, -0.2) is 4.72 Å². The molecular formula is C6H14ClN2O2S-. The molecule has 1 rings (SSSR count). The highest BCUT2D eigenvalue weighted by Gasteiger charge is 2.11. The number of nitrogens with one attached hydrogen (secondary N) is 2. The van der Waals surface area contributed by atoms with Gasteiger partial charge in [0.15, 0.2) is 0 Å². The van der Waals surface area contributed by atoms with Crippen molar-refractivity contribution >= 4 is 23.7 Å². The first-order valence-corrected chi connectivity index (χ1v) is 4.90. The fourth-order valence-corrected chi connectivity index (χ4v) is 1.64. The van der Waals surface area contributed by atoms with Gasteiger partial charge in [0.2, 0.25) is 0 Å². The van der Waals surface area contributed by atoms with E-state index in [4.69, 9.17) is 0 Å². The molecule has 0 aromatic rings. The fourth-order valence-electron chi connectivity index (χ4n) is 1.27. The van der Waals surface area contributed by atoms with Crippen LogP contribution in [0.25, 0.3) is 0 Å². The Morgan fingerprint density at radius 3 is 2.58 bits per heavy atom. The number of rotatable bonds is 3. The van der Waals surface area contributed by atoms with Crippen molar-refractivity contribution in [2.24, 2.45) is 5.92 Å². The molecule has 0 aromatic carbocycles. The zero-order chi connectivity index (χ0) is 8.10. The van der Waals surface area contributed by atoms with Gasteiger partial charge in [-0.3, -0.25) is 4.21 Å². The van der Waals surface area contributed by atoms with E-state index in [9.17, 15) is 8.76 Å². The second-order valence-electron chi connectivity index (χ2n) is 2.78. The van der Waals surface area contributed by atoms with Crippen LogP contribution in [0.15, 0.2) is 0 Å². The molecule has 6 heteroatoms. The molecule has 12 heavy (non-hydrogen) atoms. The maximum absolute atomic E-state index is 10.1. The van der Waals surface area contributed by atoms with E-state index in [0.717, 1.165) is 25.9 Å². The highest BCUT2D eigenvalue weighted by atomic mass is 35.5. The summed E-state index contributed by atoms with van der Waals surface area (Å²) >= 11 is -2.09. The molecule has 1 heterocycles. The van der Waals surface area contributed by atoms with Crippen molar-refractivity contribution in [3.8, 4) is 0 Å². The summed E-state index contributed by atoms with van der Waals surface area (Å²) in [6.45, 7) is 2.62. The minimum absolute atomic E-state index is 0. The summed E-state index contributed by atoms with van der Waals surface area (Å²) in [5.74, 6) is 0.522. The lowest BCUT2D eigenvalue weighted by Gasteiger charge is -2.23. The van der Waals surface area contributed by atoms with Crippen LogP contribution in [0.1, 0.15) is 12.8 Å². The molecule has 1 unspecified atom stereocenters. The predicted molar refractivity (Wildman–Crippen MR) is 49.8 cm³/mol. The largest absolute Gasteiger partial charge is 0.760 e. The van der Waals surface area contributed by atoms with Gasteiger partial charge in [-0.15, -0.1) is 12.4 Å². The third-order valence-electron chi connectivity index (χ3n) is 1.95. The van der Waals surface area contributed by atoms with Crippen molar-refractivity contribution in [3.05, 3.63) is 0 Å². The van der Waals surface area contributed by atoms with E-state index in [1.54, 1.807) is 0 Å². The van der Waals surface area contributed by atoms with Crippen molar-refractivity contribution < 1.29 is 8.76 Å². The summed E-state index contributed by atoms with van der Waals surface area (Å²) < 4.78 is 22.6. The Bertz CT molecular complexity index is 142. The van der Waals surface area contributed by atoms with Gasteiger partial charge < -0.3 is 9.87 Å². The lowest BCUT2D eigenvalue weighted by molar-refractivity contribution is 0.370. The lowest BCUT2D eigenvalue weighted by Crippen LogP contribution is -2.34. The van der Waals surface area contributed by atoms with Crippen LogP contribution in [0.3, 0.4) is 0 Å². The Morgan fingerprint density at radius 1 is 1.50 bits per heavy atom. The summed E-state index contributed by atoms with van der Waals surface area (Å²) in [4.78, 5) is 0. The Labute approximate surface area is 81.3 Å². The van der Waals surface area contributed by atoms with Crippen molar-refractivity contribution in [2.75, 3.05) is 19.6 Å². The van der Waals surface area contributed by atoms with Crippen LogP contribution in [-0.2, 0) is 11.3 Å². The van der Waals surface area contributed by atoms with E-state index in [2.05, 4.69) is 10.0 Å². The summed E-state index contributed by atoms with van der Waals surface area (Å²) in [5.41, 5.74) is 0. The van der Waals surface area contributed by atoms with E-state index in [0.29, 0.717) is 12.5 Å². The topological polar surface area (TPSA) is 64.2 Å². The molecule has 1 saturated heterocycles. The second kappa shape index (κ2) is 6.80. The van der Waals surface area contributed by atoms with E-state index in [1.807, 2.05) is 0 Å². The minimum atomic E-state index is -2.09. The van der Waals surface area contributed by atoms with Gasteiger partial charge in [-0.05, 0) is 31.8 Å². The number of hydrogen-bond acceptors (Lipinski definition) is 3. The van der Waals surface area contributed by atoms with E-state index < -0.39 is 11.3 Å². The van der Waals surface area contributed by atoms with Crippen LogP contribution in [-0.4, -0.2) is 28.4 Å². The van der Waals surface area contributed by atoms with Gasteiger partial charge >= 0.3 is 0 Å². The number of piperidine rings is 1. The van der Waals surface area contributed by atoms with Crippen LogP contribution >= 0.6 is 12.4 Å². The highest BCUT2D eigenvalue weighted by Crippen LogP contribution is 2.09. The van der Waals surface area contributed by atoms with Crippen LogP contribution in [0.5, 0.6) is 0 Å². The maximum atomic E-state index is 10.1. The molecule has 0 amide bonds. The monoisotopic (exact) mass is 213 g/mol. The normalized spacial score (nSPS) is 21.4. The van der Waals surface area contributed by atoms with Crippen molar-refractivity contribution in [3.63, 3.8) is 0 Å². The average Bonchev–Trinajstić information content (AvgIpc) is 2.03. The second-order valence-corrected chi connectivity index (χ2v) is 3.53. The van der Waals surface area contributed by atoms with Gasteiger partial charge in [0.05, 0.1) is 0 Å². The molecule has 1 aliphatic heterocycles. The molecule has 0 aliphatic carbocycles. The Morgan fingerprint density at radius 2 is 2.08 bits per heavy atom. The van der Waals surface area contributed by atoms with E-state index in [-0.39, 0.29) is 12.4 Å².